The number of hydrogen-bond acceptors (Lipinski definition) is 3. The van der Waals surface area contributed by atoms with Crippen LogP contribution in [0.4, 0.5) is 0 Å². The van der Waals surface area contributed by atoms with E-state index >= 15 is 0 Å². The monoisotopic (exact) mass is 302 g/mol. The number of likely N-dealkylation sites (tertiary alicyclic amines) is 1. The van der Waals surface area contributed by atoms with Crippen LogP contribution in [0.5, 0.6) is 0 Å². The number of aromatic nitrogens is 1. The minimum absolute atomic E-state index is 0.113. The van der Waals surface area contributed by atoms with E-state index in [2.05, 4.69) is 0 Å². The average molecular weight is 302 g/mol. The number of aryl methyl sites for hydroxylation is 1. The molecule has 1 amide bonds. The van der Waals surface area contributed by atoms with Gasteiger partial charge in [0.05, 0.1) is 24.6 Å². The molecule has 3 aliphatic rings. The number of rotatable bonds is 3. The summed E-state index contributed by atoms with van der Waals surface area (Å²) in [6, 6.07) is 3.80. The van der Waals surface area contributed by atoms with E-state index < -0.39 is 29.5 Å². The van der Waals surface area contributed by atoms with E-state index in [9.17, 15) is 14.7 Å². The van der Waals surface area contributed by atoms with E-state index in [1.807, 2.05) is 42.9 Å². The molecular weight excluding hydrogens is 284 g/mol. The van der Waals surface area contributed by atoms with Gasteiger partial charge in [-0.2, -0.15) is 0 Å². The Hall–Kier alpha value is -2.08. The first-order valence-electron chi connectivity index (χ1n) is 7.46. The lowest BCUT2D eigenvalue weighted by molar-refractivity contribution is -0.148. The minimum atomic E-state index is -0.956. The topological polar surface area (TPSA) is 71.8 Å². The second-order valence-electron chi connectivity index (χ2n) is 6.42. The van der Waals surface area contributed by atoms with Crippen LogP contribution >= 0.6 is 0 Å². The molecule has 1 N–H and O–H groups in total. The Balaban J connectivity index is 1.69. The zero-order valence-electron chi connectivity index (χ0n) is 12.5. The molecule has 3 aliphatic heterocycles. The second kappa shape index (κ2) is 4.23. The summed E-state index contributed by atoms with van der Waals surface area (Å²) in [6.07, 6.45) is 5.14. The largest absolute Gasteiger partial charge is 0.481 e. The van der Waals surface area contributed by atoms with Crippen LogP contribution in [0.2, 0.25) is 0 Å². The third-order valence-electron chi connectivity index (χ3n) is 5.29. The molecule has 6 nitrogen and oxygen atoms in total. The summed E-state index contributed by atoms with van der Waals surface area (Å²) < 4.78 is 7.87. The highest BCUT2D eigenvalue weighted by atomic mass is 16.5. The van der Waals surface area contributed by atoms with Crippen LogP contribution in [0.1, 0.15) is 18.7 Å². The molecule has 22 heavy (non-hydrogen) atoms. The van der Waals surface area contributed by atoms with Crippen LogP contribution in [0.3, 0.4) is 0 Å². The summed E-state index contributed by atoms with van der Waals surface area (Å²) in [5.74, 6) is -2.46. The Bertz CT molecular complexity index is 694. The van der Waals surface area contributed by atoms with Crippen molar-refractivity contribution in [1.82, 2.24) is 9.47 Å². The van der Waals surface area contributed by atoms with E-state index in [-0.39, 0.29) is 11.9 Å². The molecule has 4 rings (SSSR count). The van der Waals surface area contributed by atoms with Crippen molar-refractivity contribution in [1.29, 1.82) is 0 Å². The summed E-state index contributed by atoms with van der Waals surface area (Å²) >= 11 is 0. The number of nitrogens with zero attached hydrogens (tertiary/aromatic N) is 2. The molecule has 0 saturated carbocycles. The molecule has 6 heteroatoms. The average Bonchev–Trinajstić information content (AvgIpc) is 3.19. The van der Waals surface area contributed by atoms with Crippen LogP contribution in [-0.2, 0) is 21.4 Å². The van der Waals surface area contributed by atoms with Gasteiger partial charge in [-0.05, 0) is 19.1 Å². The van der Waals surface area contributed by atoms with Crippen LogP contribution in [0, 0.1) is 11.8 Å². The van der Waals surface area contributed by atoms with E-state index in [1.54, 1.807) is 11.0 Å². The number of carbonyl (C=O) groups is 2. The number of amides is 1. The number of aliphatic carboxylic acids is 1. The standard InChI is InChI=1S/C16H18N2O4/c1-9(10-4-3-7-17(10)2)18-8-16-6-5-11(22-16)12(15(20)21)13(16)14(18)19/h3-7,9,11-13H,8H2,1-2H3,(H,20,21). The van der Waals surface area contributed by atoms with Gasteiger partial charge in [0.2, 0.25) is 5.91 Å². The first kappa shape index (κ1) is 13.6. The van der Waals surface area contributed by atoms with E-state index in [0.717, 1.165) is 5.69 Å². The molecular formula is C16H18N2O4. The Morgan fingerprint density at radius 2 is 2.32 bits per heavy atom. The zero-order valence-corrected chi connectivity index (χ0v) is 12.5. The van der Waals surface area contributed by atoms with Crippen molar-refractivity contribution in [2.75, 3.05) is 6.54 Å². The number of carboxylic acid groups (broad SMARTS) is 1. The fourth-order valence-electron chi connectivity index (χ4n) is 4.21. The molecule has 0 aliphatic carbocycles. The normalized spacial score (nSPS) is 36.9. The van der Waals surface area contributed by atoms with E-state index in [4.69, 9.17) is 4.74 Å². The smallest absolute Gasteiger partial charge is 0.310 e. The van der Waals surface area contributed by atoms with Gasteiger partial charge in [0.25, 0.3) is 0 Å². The van der Waals surface area contributed by atoms with Crippen molar-refractivity contribution >= 4 is 11.9 Å². The second-order valence-corrected chi connectivity index (χ2v) is 6.42. The molecule has 5 atom stereocenters. The quantitative estimate of drug-likeness (QED) is 0.844. The number of carboxylic acids is 1. The Labute approximate surface area is 128 Å². The SMILES string of the molecule is CC(c1cccn1C)N1CC23C=CC(O2)C(C(=O)O)C3C1=O. The fourth-order valence-corrected chi connectivity index (χ4v) is 4.21. The molecule has 1 spiro atoms. The van der Waals surface area contributed by atoms with E-state index in [0.29, 0.717) is 6.54 Å². The van der Waals surface area contributed by atoms with Gasteiger partial charge in [0, 0.05) is 18.9 Å². The number of carbonyl (C=O) groups excluding carboxylic acids is 1. The Morgan fingerprint density at radius 3 is 2.95 bits per heavy atom. The van der Waals surface area contributed by atoms with Crippen molar-refractivity contribution in [2.45, 2.75) is 24.7 Å². The molecule has 1 aromatic rings. The predicted molar refractivity (Wildman–Crippen MR) is 76.9 cm³/mol. The molecule has 0 aromatic carbocycles. The van der Waals surface area contributed by atoms with Crippen LogP contribution in [0.25, 0.3) is 0 Å². The number of fused-ring (bicyclic) bond motifs is 1. The highest BCUT2D eigenvalue weighted by molar-refractivity contribution is 5.91. The highest BCUT2D eigenvalue weighted by Crippen LogP contribution is 2.53. The summed E-state index contributed by atoms with van der Waals surface area (Å²) in [5, 5.41) is 9.46. The summed E-state index contributed by atoms with van der Waals surface area (Å²) in [4.78, 5) is 26.2. The lowest BCUT2D eigenvalue weighted by Crippen LogP contribution is -2.39. The molecule has 2 fully saturated rings. The molecule has 1 aromatic heterocycles. The highest BCUT2D eigenvalue weighted by Gasteiger charge is 2.67. The Morgan fingerprint density at radius 1 is 1.55 bits per heavy atom. The van der Waals surface area contributed by atoms with Gasteiger partial charge in [-0.15, -0.1) is 0 Å². The van der Waals surface area contributed by atoms with Crippen molar-refractivity contribution in [3.8, 4) is 0 Å². The lowest BCUT2D eigenvalue weighted by atomic mass is 9.77. The first-order valence-corrected chi connectivity index (χ1v) is 7.46. The van der Waals surface area contributed by atoms with Gasteiger partial charge in [-0.25, -0.2) is 0 Å². The lowest BCUT2D eigenvalue weighted by Gasteiger charge is -2.27. The van der Waals surface area contributed by atoms with Gasteiger partial charge < -0.3 is 19.3 Å². The maximum Gasteiger partial charge on any atom is 0.310 e. The maximum absolute atomic E-state index is 12.9. The number of hydrogen-bond donors (Lipinski definition) is 1. The Kier molecular flexibility index (Phi) is 2.61. The van der Waals surface area contributed by atoms with Gasteiger partial charge in [-0.3, -0.25) is 9.59 Å². The van der Waals surface area contributed by atoms with E-state index in [1.165, 1.54) is 0 Å². The van der Waals surface area contributed by atoms with Gasteiger partial charge in [-0.1, -0.05) is 12.2 Å². The molecule has 4 heterocycles. The molecule has 0 radical (unpaired) electrons. The van der Waals surface area contributed by atoms with Crippen molar-refractivity contribution in [3.05, 3.63) is 36.2 Å². The minimum Gasteiger partial charge on any atom is -0.481 e. The molecule has 2 saturated heterocycles. The molecule has 2 bridgehead atoms. The third kappa shape index (κ3) is 1.53. The zero-order chi connectivity index (χ0) is 15.6. The van der Waals surface area contributed by atoms with Crippen LogP contribution in [0.15, 0.2) is 30.5 Å². The van der Waals surface area contributed by atoms with Crippen molar-refractivity contribution < 1.29 is 19.4 Å². The van der Waals surface area contributed by atoms with Gasteiger partial charge >= 0.3 is 5.97 Å². The summed E-state index contributed by atoms with van der Waals surface area (Å²) in [5.41, 5.74) is 0.264. The number of ether oxygens (including phenoxy) is 1. The third-order valence-corrected chi connectivity index (χ3v) is 5.29. The molecule has 116 valence electrons. The van der Waals surface area contributed by atoms with Gasteiger partial charge in [0.15, 0.2) is 0 Å². The predicted octanol–water partition coefficient (Wildman–Crippen LogP) is 0.953. The summed E-state index contributed by atoms with van der Waals surface area (Å²) in [6.45, 7) is 2.39. The van der Waals surface area contributed by atoms with Crippen molar-refractivity contribution in [2.24, 2.45) is 18.9 Å². The maximum atomic E-state index is 12.9. The fraction of sp³-hybridized carbons (Fsp3) is 0.500. The van der Waals surface area contributed by atoms with Crippen LogP contribution in [-0.4, -0.2) is 44.7 Å². The summed E-state index contributed by atoms with van der Waals surface area (Å²) in [7, 11) is 1.94. The first-order chi connectivity index (χ1) is 10.4. The van der Waals surface area contributed by atoms with Crippen molar-refractivity contribution in [3.63, 3.8) is 0 Å². The van der Waals surface area contributed by atoms with Gasteiger partial charge in [0.1, 0.15) is 11.5 Å². The van der Waals surface area contributed by atoms with Crippen LogP contribution < -0.4 is 0 Å². The molecule has 5 unspecified atom stereocenters.